The maximum Gasteiger partial charge on any atom is 0.471 e. The van der Waals surface area contributed by atoms with E-state index in [0.717, 1.165) is 0 Å². The van der Waals surface area contributed by atoms with Crippen LogP contribution in [0, 0.1) is 16.0 Å². The lowest BCUT2D eigenvalue weighted by Gasteiger charge is -2.58. The van der Waals surface area contributed by atoms with Crippen LogP contribution in [-0.4, -0.2) is 54.0 Å². The first-order chi connectivity index (χ1) is 20.8. The SMILES string of the molecule is C[C@@H](O)[C@@H]1C(=O)N2C(C(=O)OCc3ccc([N+](=O)[O-])cc3)=C(Oc3ccccc3)[C@@](C)(Oc3ccccc3)[C@@]12OP(=O)(O)O. The number of esters is 1. The van der Waals surface area contributed by atoms with Crippen LogP contribution in [0.15, 0.2) is 96.4 Å². The van der Waals surface area contributed by atoms with Crippen LogP contribution in [0.4, 0.5) is 5.69 Å². The van der Waals surface area contributed by atoms with Crippen molar-refractivity contribution in [3.05, 3.63) is 112 Å². The van der Waals surface area contributed by atoms with E-state index < -0.39 is 60.3 Å². The summed E-state index contributed by atoms with van der Waals surface area (Å²) in [6.07, 6.45) is -1.53. The number of para-hydroxylation sites is 2. The van der Waals surface area contributed by atoms with Crippen molar-refractivity contribution < 1.29 is 52.7 Å². The van der Waals surface area contributed by atoms with Crippen LogP contribution in [0.25, 0.3) is 0 Å². The number of aliphatic hydroxyl groups excluding tert-OH is 1. The van der Waals surface area contributed by atoms with Crippen molar-refractivity contribution in [3.8, 4) is 11.5 Å². The molecule has 0 bridgehead atoms. The highest BCUT2D eigenvalue weighted by atomic mass is 31.2. The van der Waals surface area contributed by atoms with Gasteiger partial charge >= 0.3 is 13.8 Å². The second-order valence-corrected chi connectivity index (χ2v) is 11.4. The Morgan fingerprint density at radius 1 is 1.02 bits per heavy atom. The second-order valence-electron chi connectivity index (χ2n) is 10.2. The molecule has 2 aliphatic heterocycles. The van der Waals surface area contributed by atoms with Crippen molar-refractivity contribution in [2.45, 2.75) is 37.9 Å². The van der Waals surface area contributed by atoms with Crippen LogP contribution >= 0.6 is 7.82 Å². The Morgan fingerprint density at radius 3 is 2.11 bits per heavy atom. The zero-order valence-electron chi connectivity index (χ0n) is 23.3. The number of non-ortho nitro benzene ring substituents is 1. The Hall–Kier alpha value is -4.59. The molecular formula is C29H27N2O12P. The topological polar surface area (TPSA) is 195 Å². The van der Waals surface area contributed by atoms with Gasteiger partial charge in [0.1, 0.15) is 24.0 Å². The number of hydrogen-bond acceptors (Lipinski definition) is 10. The molecule has 0 aromatic heterocycles. The summed E-state index contributed by atoms with van der Waals surface area (Å²) in [5.41, 5.74) is -5.04. The number of benzene rings is 3. The molecule has 15 heteroatoms. The first-order valence-electron chi connectivity index (χ1n) is 13.2. The molecular weight excluding hydrogens is 599 g/mol. The summed E-state index contributed by atoms with van der Waals surface area (Å²) in [5, 5.41) is 21.7. The van der Waals surface area contributed by atoms with E-state index in [0.29, 0.717) is 10.5 Å². The van der Waals surface area contributed by atoms with Crippen molar-refractivity contribution in [2.75, 3.05) is 0 Å². The number of phosphoric ester groups is 1. The Bertz CT molecular complexity index is 1660. The van der Waals surface area contributed by atoms with Crippen molar-refractivity contribution in [1.82, 2.24) is 4.90 Å². The molecule has 2 heterocycles. The quantitative estimate of drug-likeness (QED) is 0.0924. The highest BCUT2D eigenvalue weighted by molar-refractivity contribution is 7.46. The minimum absolute atomic E-state index is 0.155. The van der Waals surface area contributed by atoms with Gasteiger partial charge in [-0.2, -0.15) is 0 Å². The number of β-lactam (4-membered cyclic amide) rings is 1. The lowest BCUT2D eigenvalue weighted by molar-refractivity contribution is -0.384. The number of ether oxygens (including phenoxy) is 3. The lowest BCUT2D eigenvalue weighted by atomic mass is 9.72. The van der Waals surface area contributed by atoms with Gasteiger partial charge in [-0.15, -0.1) is 0 Å². The molecule has 1 saturated heterocycles. The van der Waals surface area contributed by atoms with Crippen molar-refractivity contribution >= 4 is 25.4 Å². The molecule has 0 spiro atoms. The standard InChI is InChI=1S/C29H27N2O12P/c1-18(32)23-26(33)30-24(27(34)40-17-19-13-15-20(16-14-19)31(35)36)25(41-21-9-5-3-6-10-21)28(2,29(23,30)43-44(37,38)39)42-22-11-7-4-8-12-22/h3-16,18,23,32H,17H2,1-2H3,(H2,37,38,39)/t18-,23-,28-,29+/m1/s1. The number of fused-ring (bicyclic) bond motifs is 1. The van der Waals surface area contributed by atoms with E-state index in [4.69, 9.17) is 18.7 Å². The molecule has 1 fully saturated rings. The van der Waals surface area contributed by atoms with Crippen LogP contribution in [0.5, 0.6) is 11.5 Å². The fourth-order valence-electron chi connectivity index (χ4n) is 5.43. The van der Waals surface area contributed by atoms with E-state index in [-0.39, 0.29) is 22.9 Å². The van der Waals surface area contributed by atoms with Crippen molar-refractivity contribution in [3.63, 3.8) is 0 Å². The molecule has 3 aromatic rings. The fraction of sp³-hybridized carbons (Fsp3) is 0.241. The predicted molar refractivity (Wildman–Crippen MR) is 150 cm³/mol. The number of carbonyl (C=O) groups is 2. The van der Waals surface area contributed by atoms with Crippen LogP contribution in [0.1, 0.15) is 19.4 Å². The highest BCUT2D eigenvalue weighted by Crippen LogP contribution is 2.64. The number of hydrogen-bond donors (Lipinski definition) is 3. The monoisotopic (exact) mass is 626 g/mol. The molecule has 0 unspecified atom stereocenters. The normalized spacial score (nSPS) is 23.4. The van der Waals surface area contributed by atoms with Crippen molar-refractivity contribution in [1.29, 1.82) is 0 Å². The average molecular weight is 627 g/mol. The number of nitrogens with zero attached hydrogens (tertiary/aromatic N) is 2. The second kappa shape index (κ2) is 11.5. The van der Waals surface area contributed by atoms with Gasteiger partial charge in [0.05, 0.1) is 11.0 Å². The largest absolute Gasteiger partial charge is 0.474 e. The van der Waals surface area contributed by atoms with Gasteiger partial charge in [-0.1, -0.05) is 36.4 Å². The first-order valence-corrected chi connectivity index (χ1v) is 14.7. The molecule has 14 nitrogen and oxygen atoms in total. The average Bonchev–Trinajstić information content (AvgIpc) is 3.13. The number of phosphoric acid groups is 1. The van der Waals surface area contributed by atoms with Gasteiger partial charge in [0, 0.05) is 12.1 Å². The third-order valence-corrected chi connectivity index (χ3v) is 7.79. The predicted octanol–water partition coefficient (Wildman–Crippen LogP) is 3.42. The number of nitro groups is 1. The Balaban J connectivity index is 1.67. The van der Waals surface area contributed by atoms with Gasteiger partial charge < -0.3 is 29.1 Å². The molecule has 5 rings (SSSR count). The molecule has 2 aliphatic rings. The van der Waals surface area contributed by atoms with Gasteiger partial charge in [0.25, 0.3) is 5.69 Å². The molecule has 3 N–H and O–H groups in total. The summed E-state index contributed by atoms with van der Waals surface area (Å²) in [7, 11) is -5.47. The molecule has 44 heavy (non-hydrogen) atoms. The molecule has 230 valence electrons. The Kier molecular flexibility index (Phi) is 8.05. The first kappa shape index (κ1) is 30.9. The molecule has 0 radical (unpaired) electrons. The minimum atomic E-state index is -5.47. The van der Waals surface area contributed by atoms with E-state index in [9.17, 15) is 39.2 Å². The fourth-order valence-corrected chi connectivity index (χ4v) is 6.16. The summed E-state index contributed by atoms with van der Waals surface area (Å²) in [6.45, 7) is 2.15. The summed E-state index contributed by atoms with van der Waals surface area (Å²) in [5.74, 6) is -3.76. The molecule has 0 saturated carbocycles. The van der Waals surface area contributed by atoms with Gasteiger partial charge in [-0.3, -0.25) is 24.3 Å². The third kappa shape index (κ3) is 5.34. The number of nitro benzene ring substituents is 1. The zero-order chi connectivity index (χ0) is 31.9. The van der Waals surface area contributed by atoms with Crippen LogP contribution in [0.3, 0.4) is 0 Å². The maximum atomic E-state index is 13.8. The number of aliphatic hydroxyl groups is 1. The van der Waals surface area contributed by atoms with E-state index >= 15 is 0 Å². The van der Waals surface area contributed by atoms with Gasteiger partial charge in [-0.25, -0.2) is 9.36 Å². The van der Waals surface area contributed by atoms with Crippen LogP contribution in [-0.2, 0) is 30.0 Å². The molecule has 4 atom stereocenters. The number of carbonyl (C=O) groups excluding carboxylic acids is 2. The van der Waals surface area contributed by atoms with E-state index in [1.54, 1.807) is 36.4 Å². The summed E-state index contributed by atoms with van der Waals surface area (Å²) in [6, 6.07) is 21.2. The van der Waals surface area contributed by atoms with E-state index in [1.165, 1.54) is 62.4 Å². The summed E-state index contributed by atoms with van der Waals surface area (Å²) < 4.78 is 35.8. The summed E-state index contributed by atoms with van der Waals surface area (Å²) >= 11 is 0. The van der Waals surface area contributed by atoms with Gasteiger partial charge in [0.2, 0.25) is 17.2 Å². The van der Waals surface area contributed by atoms with Crippen molar-refractivity contribution in [2.24, 2.45) is 5.92 Å². The molecule has 1 amide bonds. The van der Waals surface area contributed by atoms with Crippen LogP contribution in [0.2, 0.25) is 0 Å². The molecule has 3 aromatic carbocycles. The minimum Gasteiger partial charge on any atom is -0.474 e. The van der Waals surface area contributed by atoms with E-state index in [1.807, 2.05) is 0 Å². The lowest BCUT2D eigenvalue weighted by Crippen LogP contribution is -2.80. The highest BCUT2D eigenvalue weighted by Gasteiger charge is 2.82. The number of amides is 1. The van der Waals surface area contributed by atoms with Gasteiger partial charge in [0.15, 0.2) is 11.5 Å². The Morgan fingerprint density at radius 2 is 1.59 bits per heavy atom. The van der Waals surface area contributed by atoms with E-state index in [2.05, 4.69) is 0 Å². The van der Waals surface area contributed by atoms with Gasteiger partial charge in [-0.05, 0) is 55.8 Å². The number of rotatable bonds is 11. The van der Waals surface area contributed by atoms with Crippen LogP contribution < -0.4 is 9.47 Å². The third-order valence-electron chi connectivity index (χ3n) is 7.27. The summed E-state index contributed by atoms with van der Waals surface area (Å²) in [4.78, 5) is 58.7. The maximum absolute atomic E-state index is 13.8. The Labute approximate surface area is 250 Å². The zero-order valence-corrected chi connectivity index (χ0v) is 24.2. The smallest absolute Gasteiger partial charge is 0.471 e. The molecule has 0 aliphatic carbocycles.